The summed E-state index contributed by atoms with van der Waals surface area (Å²) in [6.45, 7) is 2.16. The third-order valence-corrected chi connectivity index (χ3v) is 3.35. The van der Waals surface area contributed by atoms with Gasteiger partial charge in [0.15, 0.2) is 0 Å². The highest BCUT2D eigenvalue weighted by Gasteiger charge is 2.33. The molecule has 2 heteroatoms. The van der Waals surface area contributed by atoms with Crippen molar-refractivity contribution in [2.75, 3.05) is 0 Å². The van der Waals surface area contributed by atoms with Gasteiger partial charge in [-0.15, -0.1) is 0 Å². The van der Waals surface area contributed by atoms with Crippen LogP contribution in [0.1, 0.15) is 38.2 Å². The number of halogens is 1. The summed E-state index contributed by atoms with van der Waals surface area (Å²) in [5.74, 6) is 0.306. The van der Waals surface area contributed by atoms with E-state index in [9.17, 15) is 9.50 Å². The number of aliphatic hydroxyl groups is 1. The van der Waals surface area contributed by atoms with Crippen molar-refractivity contribution in [1.82, 2.24) is 0 Å². The molecular weight excluding hydrogens is 191 g/mol. The lowest BCUT2D eigenvalue weighted by Crippen LogP contribution is -2.31. The van der Waals surface area contributed by atoms with E-state index in [1.165, 1.54) is 18.6 Å². The Kier molecular flexibility index (Phi) is 2.79. The Balaban J connectivity index is 2.24. The summed E-state index contributed by atoms with van der Waals surface area (Å²) in [6, 6.07) is 6.25. The highest BCUT2D eigenvalue weighted by Crippen LogP contribution is 2.39. The minimum atomic E-state index is -0.731. The molecular formula is C13H17FO. The zero-order chi connectivity index (χ0) is 10.9. The summed E-state index contributed by atoms with van der Waals surface area (Å²) in [6.07, 6.45) is 3.82. The lowest BCUT2D eigenvalue weighted by Gasteiger charge is -2.36. The van der Waals surface area contributed by atoms with Crippen LogP contribution in [0.25, 0.3) is 0 Å². The molecule has 1 saturated carbocycles. The maximum Gasteiger partial charge on any atom is 0.123 e. The minimum absolute atomic E-state index is 0.244. The van der Waals surface area contributed by atoms with Crippen LogP contribution in [0.4, 0.5) is 4.39 Å². The van der Waals surface area contributed by atoms with Crippen molar-refractivity contribution in [2.45, 2.75) is 38.2 Å². The van der Waals surface area contributed by atoms with Crippen molar-refractivity contribution in [3.05, 3.63) is 35.6 Å². The van der Waals surface area contributed by atoms with Gasteiger partial charge in [0.25, 0.3) is 0 Å². The molecule has 0 amide bonds. The SMILES string of the molecule is C[C@H]1CCC[C@@](O)(c2ccc(F)cc2)C1. The molecule has 0 unspecified atom stereocenters. The Hall–Kier alpha value is -0.890. The van der Waals surface area contributed by atoms with Crippen LogP contribution in [-0.2, 0) is 5.60 Å². The molecule has 15 heavy (non-hydrogen) atoms. The summed E-state index contributed by atoms with van der Waals surface area (Å²) < 4.78 is 12.8. The molecule has 82 valence electrons. The van der Waals surface area contributed by atoms with Crippen LogP contribution >= 0.6 is 0 Å². The molecule has 0 spiro atoms. The summed E-state index contributed by atoms with van der Waals surface area (Å²) in [7, 11) is 0. The van der Waals surface area contributed by atoms with Crippen molar-refractivity contribution in [1.29, 1.82) is 0 Å². The molecule has 0 aliphatic heterocycles. The van der Waals surface area contributed by atoms with E-state index in [4.69, 9.17) is 0 Å². The first-order chi connectivity index (χ1) is 7.10. The van der Waals surface area contributed by atoms with Crippen LogP contribution in [-0.4, -0.2) is 5.11 Å². The number of benzene rings is 1. The highest BCUT2D eigenvalue weighted by molar-refractivity contribution is 5.23. The van der Waals surface area contributed by atoms with Crippen LogP contribution in [0.2, 0.25) is 0 Å². The highest BCUT2D eigenvalue weighted by atomic mass is 19.1. The van der Waals surface area contributed by atoms with E-state index in [0.717, 1.165) is 24.8 Å². The standard InChI is InChI=1S/C13H17FO/c1-10-3-2-8-13(15,9-10)11-4-6-12(14)7-5-11/h4-7,10,15H,2-3,8-9H2,1H3/t10-,13-/m0/s1. The third-order valence-electron chi connectivity index (χ3n) is 3.35. The van der Waals surface area contributed by atoms with E-state index < -0.39 is 5.60 Å². The molecule has 1 nitrogen and oxygen atoms in total. The zero-order valence-electron chi connectivity index (χ0n) is 9.04. The lowest BCUT2D eigenvalue weighted by molar-refractivity contribution is -0.0179. The van der Waals surface area contributed by atoms with Gasteiger partial charge in [-0.05, 0) is 42.9 Å². The molecule has 0 heterocycles. The van der Waals surface area contributed by atoms with E-state index >= 15 is 0 Å². The fourth-order valence-corrected chi connectivity index (χ4v) is 2.55. The Morgan fingerprint density at radius 1 is 1.33 bits per heavy atom. The Morgan fingerprint density at radius 3 is 2.60 bits per heavy atom. The maximum absolute atomic E-state index is 12.8. The van der Waals surface area contributed by atoms with Crippen molar-refractivity contribution in [3.63, 3.8) is 0 Å². The van der Waals surface area contributed by atoms with E-state index in [-0.39, 0.29) is 5.82 Å². The summed E-state index contributed by atoms with van der Waals surface area (Å²) >= 11 is 0. The number of hydrogen-bond donors (Lipinski definition) is 1. The predicted octanol–water partition coefficient (Wildman–Crippen LogP) is 3.22. The smallest absolute Gasteiger partial charge is 0.123 e. The number of hydrogen-bond acceptors (Lipinski definition) is 1. The van der Waals surface area contributed by atoms with Gasteiger partial charge in [0.2, 0.25) is 0 Å². The normalized spacial score (nSPS) is 31.5. The van der Waals surface area contributed by atoms with Crippen molar-refractivity contribution >= 4 is 0 Å². The van der Waals surface area contributed by atoms with Gasteiger partial charge in [-0.3, -0.25) is 0 Å². The average Bonchev–Trinajstić information content (AvgIpc) is 2.18. The van der Waals surface area contributed by atoms with Crippen LogP contribution in [0.5, 0.6) is 0 Å². The Morgan fingerprint density at radius 2 is 2.00 bits per heavy atom. The molecule has 2 atom stereocenters. The van der Waals surface area contributed by atoms with E-state index in [0.29, 0.717) is 5.92 Å². The summed E-state index contributed by atoms with van der Waals surface area (Å²) in [4.78, 5) is 0. The molecule has 2 rings (SSSR count). The fourth-order valence-electron chi connectivity index (χ4n) is 2.55. The van der Waals surface area contributed by atoms with E-state index in [1.54, 1.807) is 12.1 Å². The molecule has 0 saturated heterocycles. The average molecular weight is 208 g/mol. The second-order valence-corrected chi connectivity index (χ2v) is 4.74. The molecule has 1 aromatic rings. The number of rotatable bonds is 1. The largest absolute Gasteiger partial charge is 0.385 e. The quantitative estimate of drug-likeness (QED) is 0.751. The monoisotopic (exact) mass is 208 g/mol. The fraction of sp³-hybridized carbons (Fsp3) is 0.538. The Labute approximate surface area is 89.9 Å². The van der Waals surface area contributed by atoms with E-state index in [2.05, 4.69) is 6.92 Å². The Bertz CT molecular complexity index is 333. The zero-order valence-corrected chi connectivity index (χ0v) is 9.04. The molecule has 1 aliphatic rings. The van der Waals surface area contributed by atoms with Crippen molar-refractivity contribution in [2.24, 2.45) is 5.92 Å². The first kappa shape index (κ1) is 10.6. The predicted molar refractivity (Wildman–Crippen MR) is 57.9 cm³/mol. The summed E-state index contributed by atoms with van der Waals surface area (Å²) in [5, 5.41) is 10.5. The van der Waals surface area contributed by atoms with Crippen molar-refractivity contribution in [3.8, 4) is 0 Å². The molecule has 1 aromatic carbocycles. The summed E-state index contributed by atoms with van der Waals surface area (Å²) in [5.41, 5.74) is 0.126. The van der Waals surface area contributed by atoms with Crippen LogP contribution < -0.4 is 0 Å². The first-order valence-corrected chi connectivity index (χ1v) is 5.58. The van der Waals surface area contributed by atoms with Gasteiger partial charge in [-0.1, -0.05) is 25.5 Å². The van der Waals surface area contributed by atoms with Crippen LogP contribution in [0.3, 0.4) is 0 Å². The van der Waals surface area contributed by atoms with Gasteiger partial charge >= 0.3 is 0 Å². The lowest BCUT2D eigenvalue weighted by atomic mass is 9.75. The van der Waals surface area contributed by atoms with E-state index in [1.807, 2.05) is 0 Å². The maximum atomic E-state index is 12.8. The third kappa shape index (κ3) is 2.20. The first-order valence-electron chi connectivity index (χ1n) is 5.58. The topological polar surface area (TPSA) is 20.2 Å². The second kappa shape index (κ2) is 3.93. The molecule has 1 N–H and O–H groups in total. The van der Waals surface area contributed by atoms with Gasteiger partial charge < -0.3 is 5.11 Å². The van der Waals surface area contributed by atoms with Crippen molar-refractivity contribution < 1.29 is 9.50 Å². The molecule has 0 bridgehead atoms. The minimum Gasteiger partial charge on any atom is -0.385 e. The van der Waals surface area contributed by atoms with Gasteiger partial charge in [-0.25, -0.2) is 4.39 Å². The van der Waals surface area contributed by atoms with Crippen LogP contribution in [0.15, 0.2) is 24.3 Å². The second-order valence-electron chi connectivity index (χ2n) is 4.74. The van der Waals surface area contributed by atoms with Crippen LogP contribution in [0, 0.1) is 11.7 Å². The van der Waals surface area contributed by atoms with Gasteiger partial charge in [0.1, 0.15) is 5.82 Å². The molecule has 1 fully saturated rings. The molecule has 0 radical (unpaired) electrons. The molecule has 0 aromatic heterocycles. The van der Waals surface area contributed by atoms with Gasteiger partial charge in [0.05, 0.1) is 5.60 Å². The van der Waals surface area contributed by atoms with Gasteiger partial charge in [-0.2, -0.15) is 0 Å². The molecule has 1 aliphatic carbocycles. The van der Waals surface area contributed by atoms with Gasteiger partial charge in [0, 0.05) is 0 Å².